The lowest BCUT2D eigenvalue weighted by Gasteiger charge is -2.06. The SMILES string of the molecule is O=COc1ccc(C(=O)O)c2ccccc12. The van der Waals surface area contributed by atoms with Crippen molar-refractivity contribution in [3.05, 3.63) is 42.0 Å². The van der Waals surface area contributed by atoms with Crippen molar-refractivity contribution in [2.45, 2.75) is 0 Å². The first-order chi connectivity index (χ1) is 7.74. The van der Waals surface area contributed by atoms with Crippen LogP contribution in [0.1, 0.15) is 10.4 Å². The van der Waals surface area contributed by atoms with Crippen molar-refractivity contribution in [3.63, 3.8) is 0 Å². The van der Waals surface area contributed by atoms with Crippen LogP contribution in [0.25, 0.3) is 10.8 Å². The highest BCUT2D eigenvalue weighted by Crippen LogP contribution is 2.28. The highest BCUT2D eigenvalue weighted by atomic mass is 16.5. The highest BCUT2D eigenvalue weighted by Gasteiger charge is 2.11. The molecule has 80 valence electrons. The molecule has 0 aromatic heterocycles. The first-order valence-corrected chi connectivity index (χ1v) is 4.59. The van der Waals surface area contributed by atoms with Gasteiger partial charge >= 0.3 is 5.97 Å². The molecule has 0 radical (unpaired) electrons. The van der Waals surface area contributed by atoms with Crippen LogP contribution in [0.3, 0.4) is 0 Å². The van der Waals surface area contributed by atoms with Gasteiger partial charge in [-0.15, -0.1) is 0 Å². The maximum atomic E-state index is 11.0. The monoisotopic (exact) mass is 216 g/mol. The van der Waals surface area contributed by atoms with E-state index in [-0.39, 0.29) is 5.56 Å². The molecule has 1 N–H and O–H groups in total. The first-order valence-electron chi connectivity index (χ1n) is 4.59. The minimum absolute atomic E-state index is 0.189. The molecule has 2 aromatic carbocycles. The van der Waals surface area contributed by atoms with Gasteiger partial charge in [0.2, 0.25) is 0 Å². The number of carbonyl (C=O) groups is 2. The van der Waals surface area contributed by atoms with Crippen LogP contribution in [0.4, 0.5) is 0 Å². The summed E-state index contributed by atoms with van der Waals surface area (Å²) in [7, 11) is 0. The molecular formula is C12H8O4. The fourth-order valence-electron chi connectivity index (χ4n) is 1.61. The molecule has 2 aromatic rings. The fraction of sp³-hybridized carbons (Fsp3) is 0. The normalized spacial score (nSPS) is 10.0. The zero-order chi connectivity index (χ0) is 11.5. The third-order valence-electron chi connectivity index (χ3n) is 2.29. The van der Waals surface area contributed by atoms with Crippen molar-refractivity contribution < 1.29 is 19.4 Å². The molecule has 0 heterocycles. The molecule has 0 aliphatic heterocycles. The third-order valence-corrected chi connectivity index (χ3v) is 2.29. The number of aromatic carboxylic acids is 1. The first kappa shape index (κ1) is 10.2. The second-order valence-electron chi connectivity index (χ2n) is 3.18. The molecule has 0 atom stereocenters. The average molecular weight is 216 g/mol. The molecule has 0 amide bonds. The smallest absolute Gasteiger partial charge is 0.336 e. The zero-order valence-electron chi connectivity index (χ0n) is 8.21. The lowest BCUT2D eigenvalue weighted by Crippen LogP contribution is -1.99. The van der Waals surface area contributed by atoms with E-state index in [1.165, 1.54) is 12.1 Å². The predicted octanol–water partition coefficient (Wildman–Crippen LogP) is 2.07. The van der Waals surface area contributed by atoms with E-state index < -0.39 is 5.97 Å². The second kappa shape index (κ2) is 4.02. The average Bonchev–Trinajstić information content (AvgIpc) is 2.29. The maximum absolute atomic E-state index is 11.0. The third kappa shape index (κ3) is 1.61. The van der Waals surface area contributed by atoms with Crippen LogP contribution in [0, 0.1) is 0 Å². The summed E-state index contributed by atoms with van der Waals surface area (Å²) in [6.45, 7) is 0.322. The van der Waals surface area contributed by atoms with E-state index in [1.807, 2.05) is 0 Å². The molecule has 16 heavy (non-hydrogen) atoms. The van der Waals surface area contributed by atoms with Gasteiger partial charge in [0.15, 0.2) is 0 Å². The number of hydrogen-bond donors (Lipinski definition) is 1. The lowest BCUT2D eigenvalue weighted by molar-refractivity contribution is -0.120. The van der Waals surface area contributed by atoms with E-state index in [4.69, 9.17) is 9.84 Å². The fourth-order valence-corrected chi connectivity index (χ4v) is 1.61. The molecule has 0 aliphatic carbocycles. The van der Waals surface area contributed by atoms with Gasteiger partial charge in [-0.1, -0.05) is 24.3 Å². The Morgan fingerprint density at radius 3 is 2.44 bits per heavy atom. The summed E-state index contributed by atoms with van der Waals surface area (Å²) >= 11 is 0. The Morgan fingerprint density at radius 1 is 1.12 bits per heavy atom. The van der Waals surface area contributed by atoms with E-state index in [1.54, 1.807) is 24.3 Å². The van der Waals surface area contributed by atoms with Gasteiger partial charge in [-0.05, 0) is 17.5 Å². The Morgan fingerprint density at radius 2 is 1.81 bits per heavy atom. The Hall–Kier alpha value is -2.36. The Balaban J connectivity index is 2.76. The standard InChI is InChI=1S/C12H8O4/c13-7-16-11-6-5-10(12(14)15)8-3-1-2-4-9(8)11/h1-7H,(H,14,15). The molecule has 0 saturated carbocycles. The zero-order valence-corrected chi connectivity index (χ0v) is 8.21. The van der Waals surface area contributed by atoms with Crippen molar-refractivity contribution in [2.75, 3.05) is 0 Å². The highest BCUT2D eigenvalue weighted by molar-refractivity contribution is 6.05. The van der Waals surface area contributed by atoms with Crippen molar-refractivity contribution in [1.29, 1.82) is 0 Å². The molecule has 0 aliphatic rings. The van der Waals surface area contributed by atoms with Gasteiger partial charge < -0.3 is 9.84 Å². The van der Waals surface area contributed by atoms with Gasteiger partial charge in [0.25, 0.3) is 6.47 Å². The number of carbonyl (C=O) groups excluding carboxylic acids is 1. The summed E-state index contributed by atoms with van der Waals surface area (Å²) in [6, 6.07) is 9.77. The van der Waals surface area contributed by atoms with Crippen molar-refractivity contribution in [3.8, 4) is 5.75 Å². The molecule has 0 saturated heterocycles. The van der Waals surface area contributed by atoms with Gasteiger partial charge in [-0.3, -0.25) is 4.79 Å². The van der Waals surface area contributed by atoms with Gasteiger partial charge in [0.05, 0.1) is 5.56 Å². The van der Waals surface area contributed by atoms with E-state index >= 15 is 0 Å². The summed E-state index contributed by atoms with van der Waals surface area (Å²) in [5.41, 5.74) is 0.189. The Labute approximate surface area is 91.1 Å². The van der Waals surface area contributed by atoms with Crippen molar-refractivity contribution in [2.24, 2.45) is 0 Å². The number of benzene rings is 2. The van der Waals surface area contributed by atoms with E-state index in [2.05, 4.69) is 0 Å². The summed E-state index contributed by atoms with van der Waals surface area (Å²) in [4.78, 5) is 21.3. The van der Waals surface area contributed by atoms with Gasteiger partial charge in [-0.25, -0.2) is 4.79 Å². The molecular weight excluding hydrogens is 208 g/mol. The van der Waals surface area contributed by atoms with Crippen LogP contribution < -0.4 is 4.74 Å². The molecule has 0 spiro atoms. The molecule has 0 unspecified atom stereocenters. The van der Waals surface area contributed by atoms with Crippen molar-refractivity contribution in [1.82, 2.24) is 0 Å². The van der Waals surface area contributed by atoms with Crippen LogP contribution in [-0.2, 0) is 4.79 Å². The number of ether oxygens (including phenoxy) is 1. The minimum Gasteiger partial charge on any atom is -0.478 e. The predicted molar refractivity (Wildman–Crippen MR) is 57.6 cm³/mol. The summed E-state index contributed by atoms with van der Waals surface area (Å²) < 4.78 is 4.78. The summed E-state index contributed by atoms with van der Waals surface area (Å²) in [6.07, 6.45) is 0. The van der Waals surface area contributed by atoms with Gasteiger partial charge in [-0.2, -0.15) is 0 Å². The van der Waals surface area contributed by atoms with Gasteiger partial charge in [0, 0.05) is 5.39 Å². The van der Waals surface area contributed by atoms with Gasteiger partial charge in [0.1, 0.15) is 5.75 Å². The maximum Gasteiger partial charge on any atom is 0.336 e. The number of rotatable bonds is 3. The number of hydrogen-bond acceptors (Lipinski definition) is 3. The lowest BCUT2D eigenvalue weighted by atomic mass is 10.0. The molecule has 4 heteroatoms. The van der Waals surface area contributed by atoms with Crippen LogP contribution in [0.15, 0.2) is 36.4 Å². The molecule has 0 bridgehead atoms. The van der Waals surface area contributed by atoms with Crippen LogP contribution in [-0.4, -0.2) is 17.5 Å². The van der Waals surface area contributed by atoms with E-state index in [0.29, 0.717) is 23.0 Å². The minimum atomic E-state index is -1.01. The van der Waals surface area contributed by atoms with Crippen LogP contribution >= 0.6 is 0 Å². The quantitative estimate of drug-likeness (QED) is 0.797. The number of carboxylic acid groups (broad SMARTS) is 1. The largest absolute Gasteiger partial charge is 0.478 e. The number of fused-ring (bicyclic) bond motifs is 1. The van der Waals surface area contributed by atoms with Crippen LogP contribution in [0.2, 0.25) is 0 Å². The topological polar surface area (TPSA) is 63.6 Å². The van der Waals surface area contributed by atoms with Crippen LogP contribution in [0.5, 0.6) is 5.75 Å². The molecule has 0 fully saturated rings. The Bertz CT molecular complexity index is 560. The Kier molecular flexibility index (Phi) is 2.55. The second-order valence-corrected chi connectivity index (χ2v) is 3.18. The van der Waals surface area contributed by atoms with E-state index in [0.717, 1.165) is 0 Å². The molecule has 2 rings (SSSR count). The summed E-state index contributed by atoms with van der Waals surface area (Å²) in [5.74, 6) is -0.649. The molecule has 4 nitrogen and oxygen atoms in total. The number of carboxylic acids is 1. The summed E-state index contributed by atoms with van der Waals surface area (Å²) in [5, 5.41) is 10.1. The van der Waals surface area contributed by atoms with Crippen molar-refractivity contribution >= 4 is 23.2 Å². The van der Waals surface area contributed by atoms with E-state index in [9.17, 15) is 9.59 Å².